The minimum absolute atomic E-state index is 0.0704. The SMILES string of the molecule is COC(=O)N[C@H](C(=O)N[C@H]1CCC[C@@H]1CC[C@H]1CN[C@@H]2CCCS(=O)(=O)N1C2)[C@@H](c1ccc(F)cc1)c1cc(F)cc(F)c1. The monoisotopic (exact) mass is 636 g/mol. The summed E-state index contributed by atoms with van der Waals surface area (Å²) >= 11 is 0. The second kappa shape index (κ2) is 13.9. The lowest BCUT2D eigenvalue weighted by atomic mass is 9.84. The highest BCUT2D eigenvalue weighted by Gasteiger charge is 2.40. The molecule has 13 heteroatoms. The van der Waals surface area contributed by atoms with Crippen molar-refractivity contribution >= 4 is 22.0 Å². The smallest absolute Gasteiger partial charge is 0.407 e. The van der Waals surface area contributed by atoms with Crippen molar-refractivity contribution in [3.63, 3.8) is 0 Å². The van der Waals surface area contributed by atoms with E-state index in [0.717, 1.165) is 38.5 Å². The third-order valence-corrected chi connectivity index (χ3v) is 11.1. The van der Waals surface area contributed by atoms with Crippen molar-refractivity contribution in [1.29, 1.82) is 0 Å². The maximum Gasteiger partial charge on any atom is 0.407 e. The van der Waals surface area contributed by atoms with E-state index in [1.807, 2.05) is 0 Å². The van der Waals surface area contributed by atoms with Crippen LogP contribution in [0.4, 0.5) is 18.0 Å². The molecule has 0 aromatic heterocycles. The van der Waals surface area contributed by atoms with Gasteiger partial charge in [0.25, 0.3) is 0 Å². The summed E-state index contributed by atoms with van der Waals surface area (Å²) in [6.45, 7) is 1.06. The van der Waals surface area contributed by atoms with Crippen LogP contribution in [0.3, 0.4) is 0 Å². The Morgan fingerprint density at radius 2 is 1.70 bits per heavy atom. The first-order valence-corrected chi connectivity index (χ1v) is 16.7. The molecule has 1 unspecified atom stereocenters. The number of nitrogens with one attached hydrogen (secondary N) is 3. The van der Waals surface area contributed by atoms with Crippen molar-refractivity contribution in [3.05, 3.63) is 71.0 Å². The van der Waals surface area contributed by atoms with Gasteiger partial charge in [-0.15, -0.1) is 0 Å². The highest BCUT2D eigenvalue weighted by atomic mass is 32.2. The first kappa shape index (κ1) is 32.2. The predicted octanol–water partition coefficient (Wildman–Crippen LogP) is 3.79. The van der Waals surface area contributed by atoms with Gasteiger partial charge in [0.1, 0.15) is 23.5 Å². The molecule has 0 radical (unpaired) electrons. The fraction of sp³-hybridized carbons (Fsp3) is 0.548. The number of fused-ring (bicyclic) bond motifs is 2. The zero-order valence-corrected chi connectivity index (χ0v) is 25.4. The second-order valence-electron chi connectivity index (χ2n) is 12.0. The Labute approximate surface area is 256 Å². The fourth-order valence-corrected chi connectivity index (χ4v) is 8.79. The standard InChI is InChI=1S/C31H39F3N4O5S/c1-43-31(40)37-29(28(20-7-10-22(32)11-8-20)21-14-23(33)16-24(34)15-21)30(39)36-27-6-2-4-19(27)9-12-26-17-35-25-5-3-13-44(41,42)38(26)18-25/h7-8,10-11,14-16,19,25-29,35H,2-6,9,12-13,17-18H2,1H3,(H,36,39)(H,37,40)/t19-,25-,26+,27+,28+,29+/m1/s1. The van der Waals surface area contributed by atoms with E-state index < -0.39 is 51.4 Å². The van der Waals surface area contributed by atoms with E-state index in [9.17, 15) is 31.2 Å². The minimum Gasteiger partial charge on any atom is -0.453 e. The summed E-state index contributed by atoms with van der Waals surface area (Å²) in [5.41, 5.74) is 0.438. The van der Waals surface area contributed by atoms with Crippen LogP contribution in [-0.4, -0.2) is 74.8 Å². The van der Waals surface area contributed by atoms with Crippen LogP contribution in [0.5, 0.6) is 0 Å². The first-order valence-electron chi connectivity index (χ1n) is 15.1. The average Bonchev–Trinajstić information content (AvgIpc) is 3.38. The molecule has 5 rings (SSSR count). The molecular weight excluding hydrogens is 597 g/mol. The van der Waals surface area contributed by atoms with Crippen LogP contribution in [-0.2, 0) is 19.6 Å². The fourth-order valence-electron chi connectivity index (χ4n) is 6.98. The molecule has 2 aromatic carbocycles. The summed E-state index contributed by atoms with van der Waals surface area (Å²) in [6.07, 6.45) is 4.27. The molecule has 1 aliphatic carbocycles. The van der Waals surface area contributed by atoms with E-state index in [2.05, 4.69) is 16.0 Å². The van der Waals surface area contributed by atoms with Crippen LogP contribution in [0, 0.1) is 23.4 Å². The van der Waals surface area contributed by atoms with Crippen LogP contribution < -0.4 is 16.0 Å². The highest BCUT2D eigenvalue weighted by molar-refractivity contribution is 7.89. The number of carbonyl (C=O) groups is 2. The molecule has 3 N–H and O–H groups in total. The predicted molar refractivity (Wildman–Crippen MR) is 158 cm³/mol. The van der Waals surface area contributed by atoms with Gasteiger partial charge in [-0.2, -0.15) is 4.31 Å². The Morgan fingerprint density at radius 3 is 2.41 bits per heavy atom. The third-order valence-electron chi connectivity index (χ3n) is 9.17. The van der Waals surface area contributed by atoms with Crippen molar-refractivity contribution in [1.82, 2.24) is 20.3 Å². The van der Waals surface area contributed by atoms with E-state index in [0.29, 0.717) is 50.4 Å². The number of carbonyl (C=O) groups excluding carboxylic acids is 2. The average molecular weight is 637 g/mol. The number of piperazine rings is 1. The topological polar surface area (TPSA) is 117 Å². The van der Waals surface area contributed by atoms with E-state index in [1.165, 1.54) is 24.3 Å². The molecule has 240 valence electrons. The molecule has 3 fully saturated rings. The van der Waals surface area contributed by atoms with Crippen molar-refractivity contribution < 1.29 is 35.9 Å². The van der Waals surface area contributed by atoms with Gasteiger partial charge in [0.15, 0.2) is 0 Å². The summed E-state index contributed by atoms with van der Waals surface area (Å²) in [6, 6.07) is 6.41. The number of nitrogens with zero attached hydrogens (tertiary/aromatic N) is 1. The van der Waals surface area contributed by atoms with Gasteiger partial charge in [0, 0.05) is 43.2 Å². The Balaban J connectivity index is 1.35. The molecule has 2 amide bonds. The molecule has 2 aromatic rings. The molecule has 2 bridgehead atoms. The maximum absolute atomic E-state index is 14.4. The zero-order valence-electron chi connectivity index (χ0n) is 24.6. The molecular formula is C31H39F3N4O5S. The number of hydrogen-bond acceptors (Lipinski definition) is 6. The van der Waals surface area contributed by atoms with Crippen molar-refractivity contribution in [2.24, 2.45) is 5.92 Å². The van der Waals surface area contributed by atoms with E-state index >= 15 is 0 Å². The summed E-state index contributed by atoms with van der Waals surface area (Å²) in [7, 11) is -2.18. The van der Waals surface area contributed by atoms with Crippen molar-refractivity contribution in [3.8, 4) is 0 Å². The van der Waals surface area contributed by atoms with Crippen LogP contribution in [0.25, 0.3) is 0 Å². The number of methoxy groups -OCH3 is 1. The highest BCUT2D eigenvalue weighted by Crippen LogP contribution is 2.34. The lowest BCUT2D eigenvalue weighted by Crippen LogP contribution is -2.57. The number of rotatable bonds is 9. The van der Waals surface area contributed by atoms with Crippen LogP contribution in [0.15, 0.2) is 42.5 Å². The van der Waals surface area contributed by atoms with Gasteiger partial charge in [-0.3, -0.25) is 4.79 Å². The molecule has 3 aliphatic rings. The van der Waals surface area contributed by atoms with Gasteiger partial charge in [-0.05, 0) is 79.8 Å². The first-order chi connectivity index (χ1) is 21.0. The van der Waals surface area contributed by atoms with Gasteiger partial charge in [0.05, 0.1) is 12.9 Å². The van der Waals surface area contributed by atoms with Gasteiger partial charge in [-0.25, -0.2) is 26.4 Å². The van der Waals surface area contributed by atoms with E-state index in [4.69, 9.17) is 4.74 Å². The third kappa shape index (κ3) is 7.55. The number of hydrogen-bond donors (Lipinski definition) is 3. The number of halogens is 3. The molecule has 2 aliphatic heterocycles. The number of sulfonamides is 1. The van der Waals surface area contributed by atoms with E-state index in [-0.39, 0.29) is 35.4 Å². The Morgan fingerprint density at radius 1 is 0.977 bits per heavy atom. The molecule has 2 saturated heterocycles. The molecule has 1 saturated carbocycles. The Hall–Kier alpha value is -3.16. The lowest BCUT2D eigenvalue weighted by molar-refractivity contribution is -0.124. The summed E-state index contributed by atoms with van der Waals surface area (Å²) in [5.74, 6) is -3.70. The Bertz CT molecular complexity index is 1420. The van der Waals surface area contributed by atoms with Gasteiger partial charge in [-0.1, -0.05) is 18.6 Å². The zero-order chi connectivity index (χ0) is 31.4. The largest absolute Gasteiger partial charge is 0.453 e. The second-order valence-corrected chi connectivity index (χ2v) is 14.1. The van der Waals surface area contributed by atoms with Gasteiger partial charge in [0.2, 0.25) is 15.9 Å². The van der Waals surface area contributed by atoms with Crippen LogP contribution in [0.1, 0.15) is 62.0 Å². The maximum atomic E-state index is 14.4. The minimum atomic E-state index is -3.32. The molecule has 2 heterocycles. The quantitative estimate of drug-likeness (QED) is 0.386. The number of ether oxygens (including phenoxy) is 1. The van der Waals surface area contributed by atoms with Gasteiger partial charge >= 0.3 is 6.09 Å². The molecule has 7 atom stereocenters. The molecule has 9 nitrogen and oxygen atoms in total. The van der Waals surface area contributed by atoms with E-state index in [1.54, 1.807) is 4.31 Å². The lowest BCUT2D eigenvalue weighted by Gasteiger charge is -2.38. The molecule has 44 heavy (non-hydrogen) atoms. The normalized spacial score (nSPS) is 27.5. The number of alkyl carbamates (subject to hydrolysis) is 1. The van der Waals surface area contributed by atoms with Crippen molar-refractivity contribution in [2.75, 3.05) is 26.0 Å². The summed E-state index contributed by atoms with van der Waals surface area (Å²) in [5, 5.41) is 9.08. The summed E-state index contributed by atoms with van der Waals surface area (Å²) in [4.78, 5) is 26.4. The number of benzene rings is 2. The Kier molecular flexibility index (Phi) is 10.2. The van der Waals surface area contributed by atoms with Crippen LogP contribution >= 0.6 is 0 Å². The number of amides is 2. The van der Waals surface area contributed by atoms with Gasteiger partial charge < -0.3 is 20.7 Å². The molecule has 0 spiro atoms. The van der Waals surface area contributed by atoms with Crippen LogP contribution in [0.2, 0.25) is 0 Å². The van der Waals surface area contributed by atoms with Crippen molar-refractivity contribution in [2.45, 2.75) is 75.0 Å². The summed E-state index contributed by atoms with van der Waals surface area (Å²) < 4.78 is 74.8.